The number of anilines is 2. The Balaban J connectivity index is 2.68. The van der Waals surface area contributed by atoms with Crippen LogP contribution in [0.3, 0.4) is 0 Å². The largest absolute Gasteiger partial charge is 0.497 e. The summed E-state index contributed by atoms with van der Waals surface area (Å²) in [5, 5.41) is 11.3. The van der Waals surface area contributed by atoms with Crippen LogP contribution < -0.4 is 15.8 Å². The number of hydrogen-bond donors (Lipinski definition) is 2. The highest BCUT2D eigenvalue weighted by atomic mass is 16.5. The zero-order chi connectivity index (χ0) is 15.1. The van der Waals surface area contributed by atoms with E-state index in [1.54, 1.807) is 39.3 Å². The van der Waals surface area contributed by atoms with E-state index >= 15 is 0 Å². The molecule has 0 aromatic heterocycles. The lowest BCUT2D eigenvalue weighted by Gasteiger charge is -2.23. The fourth-order valence-corrected chi connectivity index (χ4v) is 1.64. The first-order valence-corrected chi connectivity index (χ1v) is 6.31. The maximum absolute atomic E-state index is 12.1. The summed E-state index contributed by atoms with van der Waals surface area (Å²) in [5.41, 5.74) is 6.85. The van der Waals surface area contributed by atoms with Gasteiger partial charge in [0.25, 0.3) is 0 Å². The third-order valence-electron chi connectivity index (χ3n) is 3.13. The van der Waals surface area contributed by atoms with Crippen molar-refractivity contribution < 1.29 is 9.53 Å². The number of rotatable bonds is 6. The summed E-state index contributed by atoms with van der Waals surface area (Å²) in [6.45, 7) is 2.33. The first-order chi connectivity index (χ1) is 9.49. The number of likely N-dealkylation sites (N-methyl/N-ethyl adjacent to an activating group) is 1. The Morgan fingerprint density at radius 3 is 2.85 bits per heavy atom. The molecule has 0 heterocycles. The monoisotopic (exact) mass is 276 g/mol. The third kappa shape index (κ3) is 4.14. The molecule has 0 aliphatic heterocycles. The molecule has 6 nitrogen and oxygen atoms in total. The first-order valence-electron chi connectivity index (χ1n) is 6.31. The maximum atomic E-state index is 12.1. The summed E-state index contributed by atoms with van der Waals surface area (Å²) in [4.78, 5) is 13.9. The highest BCUT2D eigenvalue weighted by molar-refractivity contribution is 5.97. The summed E-state index contributed by atoms with van der Waals surface area (Å²) in [5.74, 6) is 0.474. The fourth-order valence-electron chi connectivity index (χ4n) is 1.64. The van der Waals surface area contributed by atoms with Crippen LogP contribution in [-0.4, -0.2) is 37.6 Å². The summed E-state index contributed by atoms with van der Waals surface area (Å²) >= 11 is 0. The zero-order valence-electron chi connectivity index (χ0n) is 12.0. The van der Waals surface area contributed by atoms with Crippen LogP contribution in [0.25, 0.3) is 0 Å². The van der Waals surface area contributed by atoms with Gasteiger partial charge in [-0.2, -0.15) is 5.26 Å². The van der Waals surface area contributed by atoms with E-state index in [9.17, 15) is 4.79 Å². The van der Waals surface area contributed by atoms with Crippen molar-refractivity contribution in [2.24, 2.45) is 0 Å². The topological polar surface area (TPSA) is 91.4 Å². The molecule has 1 aromatic rings. The number of methoxy groups -OCH3 is 1. The van der Waals surface area contributed by atoms with Crippen molar-refractivity contribution in [2.75, 3.05) is 31.8 Å². The number of carbonyl (C=O) groups excluding carboxylic acids is 1. The molecule has 0 fully saturated rings. The van der Waals surface area contributed by atoms with Crippen LogP contribution in [-0.2, 0) is 4.79 Å². The molecule has 0 bridgehead atoms. The lowest BCUT2D eigenvalue weighted by molar-refractivity contribution is -0.120. The van der Waals surface area contributed by atoms with E-state index in [2.05, 4.69) is 11.4 Å². The van der Waals surface area contributed by atoms with Crippen molar-refractivity contribution >= 4 is 17.3 Å². The second kappa shape index (κ2) is 7.36. The lowest BCUT2D eigenvalue weighted by atomic mass is 10.2. The van der Waals surface area contributed by atoms with Gasteiger partial charge in [-0.25, -0.2) is 0 Å². The van der Waals surface area contributed by atoms with Crippen molar-refractivity contribution in [2.45, 2.75) is 19.4 Å². The fraction of sp³-hybridized carbons (Fsp3) is 0.429. The number of hydrogen-bond acceptors (Lipinski definition) is 5. The molecule has 0 aliphatic rings. The summed E-state index contributed by atoms with van der Waals surface area (Å²) in [7, 11) is 3.36. The number of nitriles is 1. The van der Waals surface area contributed by atoms with Crippen molar-refractivity contribution in [3.05, 3.63) is 18.2 Å². The van der Waals surface area contributed by atoms with Gasteiger partial charge in [-0.15, -0.1) is 0 Å². The van der Waals surface area contributed by atoms with Crippen molar-refractivity contribution in [1.82, 2.24) is 4.90 Å². The molecule has 0 aliphatic carbocycles. The van der Waals surface area contributed by atoms with Crippen molar-refractivity contribution in [3.8, 4) is 11.8 Å². The molecule has 108 valence electrons. The number of amides is 1. The SMILES string of the molecule is COc1ccc(NC(=O)C(C)N(C)CCC#N)c(N)c1. The molecule has 1 unspecified atom stereocenters. The van der Waals surface area contributed by atoms with Crippen molar-refractivity contribution in [1.29, 1.82) is 5.26 Å². The molecule has 0 spiro atoms. The highest BCUT2D eigenvalue weighted by Crippen LogP contribution is 2.24. The number of nitrogens with two attached hydrogens (primary N) is 1. The van der Waals surface area contributed by atoms with Gasteiger partial charge in [0.15, 0.2) is 0 Å². The van der Waals surface area contributed by atoms with E-state index in [1.807, 2.05) is 4.90 Å². The Morgan fingerprint density at radius 2 is 2.30 bits per heavy atom. The van der Waals surface area contributed by atoms with Gasteiger partial charge in [-0.1, -0.05) is 0 Å². The Bertz CT molecular complexity index is 510. The Kier molecular flexibility index (Phi) is 5.81. The average Bonchev–Trinajstić information content (AvgIpc) is 2.45. The number of nitrogen functional groups attached to an aromatic ring is 1. The van der Waals surface area contributed by atoms with Crippen LogP contribution in [0.5, 0.6) is 5.75 Å². The molecule has 0 saturated heterocycles. The minimum Gasteiger partial charge on any atom is -0.497 e. The molecule has 0 radical (unpaired) electrons. The maximum Gasteiger partial charge on any atom is 0.241 e. The number of nitrogens with one attached hydrogen (secondary N) is 1. The lowest BCUT2D eigenvalue weighted by Crippen LogP contribution is -2.40. The summed E-state index contributed by atoms with van der Waals surface area (Å²) < 4.78 is 5.05. The summed E-state index contributed by atoms with van der Waals surface area (Å²) in [6.07, 6.45) is 0.388. The molecule has 6 heteroatoms. The Hall–Kier alpha value is -2.26. The zero-order valence-corrected chi connectivity index (χ0v) is 12.0. The van der Waals surface area contributed by atoms with Gasteiger partial charge in [0.05, 0.1) is 30.6 Å². The average molecular weight is 276 g/mol. The van der Waals surface area contributed by atoms with Crippen LogP contribution >= 0.6 is 0 Å². The van der Waals surface area contributed by atoms with Gasteiger partial charge in [-0.3, -0.25) is 9.69 Å². The molecular formula is C14H20N4O2. The van der Waals surface area contributed by atoms with Gasteiger partial charge >= 0.3 is 0 Å². The number of ether oxygens (including phenoxy) is 1. The standard InChI is InChI=1S/C14H20N4O2/c1-10(18(2)8-4-7-15)14(19)17-13-6-5-11(20-3)9-12(13)16/h5-6,9-10H,4,8,16H2,1-3H3,(H,17,19). The third-order valence-corrected chi connectivity index (χ3v) is 3.13. The minimum absolute atomic E-state index is 0.165. The Labute approximate surface area is 119 Å². The Morgan fingerprint density at radius 1 is 1.60 bits per heavy atom. The number of carbonyl (C=O) groups is 1. The molecular weight excluding hydrogens is 256 g/mol. The van der Waals surface area contributed by atoms with Gasteiger partial charge in [0, 0.05) is 19.0 Å². The van der Waals surface area contributed by atoms with Crippen molar-refractivity contribution in [3.63, 3.8) is 0 Å². The molecule has 1 atom stereocenters. The van der Waals surface area contributed by atoms with Crippen LogP contribution in [0, 0.1) is 11.3 Å². The predicted octanol–water partition coefficient (Wildman–Crippen LogP) is 1.45. The van der Waals surface area contributed by atoms with Crippen LogP contribution in [0.2, 0.25) is 0 Å². The molecule has 1 amide bonds. The number of nitrogens with zero attached hydrogens (tertiary/aromatic N) is 2. The van der Waals surface area contributed by atoms with Crippen LogP contribution in [0.15, 0.2) is 18.2 Å². The van der Waals surface area contributed by atoms with E-state index < -0.39 is 0 Å². The van der Waals surface area contributed by atoms with Gasteiger partial charge in [0.2, 0.25) is 5.91 Å². The van der Waals surface area contributed by atoms with Gasteiger partial charge in [-0.05, 0) is 26.1 Å². The molecule has 20 heavy (non-hydrogen) atoms. The van der Waals surface area contributed by atoms with E-state index in [4.69, 9.17) is 15.7 Å². The smallest absolute Gasteiger partial charge is 0.241 e. The number of benzene rings is 1. The van der Waals surface area contributed by atoms with E-state index in [-0.39, 0.29) is 11.9 Å². The first kappa shape index (κ1) is 15.8. The van der Waals surface area contributed by atoms with Crippen LogP contribution in [0.4, 0.5) is 11.4 Å². The second-order valence-electron chi connectivity index (χ2n) is 4.51. The van der Waals surface area contributed by atoms with E-state index in [0.717, 1.165) is 0 Å². The normalized spacial score (nSPS) is 11.8. The molecule has 0 saturated carbocycles. The highest BCUT2D eigenvalue weighted by Gasteiger charge is 2.18. The van der Waals surface area contributed by atoms with E-state index in [1.165, 1.54) is 0 Å². The molecule has 3 N–H and O–H groups in total. The minimum atomic E-state index is -0.343. The van der Waals surface area contributed by atoms with Gasteiger partial charge in [0.1, 0.15) is 5.75 Å². The van der Waals surface area contributed by atoms with Crippen LogP contribution in [0.1, 0.15) is 13.3 Å². The summed E-state index contributed by atoms with van der Waals surface area (Å²) in [6, 6.07) is 6.80. The second-order valence-corrected chi connectivity index (χ2v) is 4.51. The quantitative estimate of drug-likeness (QED) is 0.767. The molecule has 1 rings (SSSR count). The predicted molar refractivity (Wildman–Crippen MR) is 78.4 cm³/mol. The van der Waals surface area contributed by atoms with E-state index in [0.29, 0.717) is 30.1 Å². The molecule has 1 aromatic carbocycles. The van der Waals surface area contributed by atoms with Gasteiger partial charge < -0.3 is 15.8 Å².